The molecule has 0 atom stereocenters. The molecule has 12 heavy (non-hydrogen) atoms. The third kappa shape index (κ3) is 2.62. The maximum atomic E-state index is 8.90. The number of hydrogen-bond donors (Lipinski definition) is 1. The second kappa shape index (κ2) is 5.19. The van der Waals surface area contributed by atoms with Crippen molar-refractivity contribution in [3.05, 3.63) is 23.8 Å². The molecule has 0 aliphatic heterocycles. The first-order chi connectivity index (χ1) is 4.74. The van der Waals surface area contributed by atoms with E-state index in [0.29, 0.717) is 5.56 Å². The topological polar surface area (TPSA) is 107 Å². The molecule has 0 amide bonds. The molecule has 1 aromatic rings. The lowest BCUT2D eigenvalue weighted by Crippen LogP contribution is -2.02. The summed E-state index contributed by atoms with van der Waals surface area (Å²) >= 11 is 0. The first-order valence-corrected chi connectivity index (χ1v) is 2.72. The molecular weight excluding hydrogens is 157 g/mol. The third-order valence-corrected chi connectivity index (χ3v) is 1.16. The maximum absolute atomic E-state index is 8.90. The van der Waals surface area contributed by atoms with Gasteiger partial charge in [0.15, 0.2) is 0 Å². The summed E-state index contributed by atoms with van der Waals surface area (Å²) in [7, 11) is 5.30. The number of benzene rings is 1. The van der Waals surface area contributed by atoms with E-state index >= 15 is 0 Å². The highest BCUT2D eigenvalue weighted by atomic mass is 16.3. The second-order valence-corrected chi connectivity index (χ2v) is 1.89. The summed E-state index contributed by atoms with van der Waals surface area (Å²) in [6, 6.07) is 6.23. The molecule has 0 aliphatic carbocycles. The lowest BCUT2D eigenvalue weighted by Gasteiger charge is -1.96. The molecule has 0 saturated heterocycles. The van der Waals surface area contributed by atoms with E-state index in [0.717, 1.165) is 0 Å². The number of hydrogen-bond acceptors (Lipinski definition) is 2. The molecule has 0 unspecified atom stereocenters. The highest BCUT2D eigenvalue weighted by Crippen LogP contribution is 2.04. The van der Waals surface area contributed by atoms with Crippen LogP contribution in [0.3, 0.4) is 0 Å². The van der Waals surface area contributed by atoms with Crippen molar-refractivity contribution in [2.24, 2.45) is 0 Å². The quantitative estimate of drug-likeness (QED) is 0.467. The number of rotatable bonds is 0. The summed E-state index contributed by atoms with van der Waals surface area (Å²) in [5, 5.41) is 17.3. The van der Waals surface area contributed by atoms with Crippen LogP contribution in [0.15, 0.2) is 18.2 Å². The zero-order valence-electron chi connectivity index (χ0n) is 6.20. The minimum atomic E-state index is 0. The Bertz CT molecular complexity index is 295. The molecule has 0 heterocycles. The standard InChI is InChI=1S/C7H4BNO.2H2O/c8-6-3-5(4-9)1-2-7(6)10;;/h1-3,10H;2*1H2. The van der Waals surface area contributed by atoms with Gasteiger partial charge < -0.3 is 16.1 Å². The Hall–Kier alpha value is -1.51. The van der Waals surface area contributed by atoms with Crippen LogP contribution in [0.1, 0.15) is 5.56 Å². The number of phenols is 1. The minimum Gasteiger partial charge on any atom is -0.509 e. The van der Waals surface area contributed by atoms with Crippen molar-refractivity contribution in [3.8, 4) is 11.8 Å². The van der Waals surface area contributed by atoms with Gasteiger partial charge in [-0.25, -0.2) is 0 Å². The van der Waals surface area contributed by atoms with Crippen molar-refractivity contribution >= 4 is 13.3 Å². The predicted octanol–water partition coefficient (Wildman–Crippen LogP) is -1.59. The van der Waals surface area contributed by atoms with Crippen molar-refractivity contribution in [2.45, 2.75) is 0 Å². The summed E-state index contributed by atoms with van der Waals surface area (Å²) in [4.78, 5) is 0. The van der Waals surface area contributed by atoms with Crippen LogP contribution in [0.25, 0.3) is 0 Å². The summed E-state index contributed by atoms with van der Waals surface area (Å²) in [5.41, 5.74) is 0.689. The van der Waals surface area contributed by atoms with Crippen LogP contribution in [-0.4, -0.2) is 23.9 Å². The number of phenolic OH excluding ortho intramolecular Hbond substituents is 1. The fourth-order valence-corrected chi connectivity index (χ4v) is 0.624. The van der Waals surface area contributed by atoms with Gasteiger partial charge in [-0.1, -0.05) is 5.46 Å². The van der Waals surface area contributed by atoms with E-state index in [1.165, 1.54) is 18.2 Å². The first-order valence-electron chi connectivity index (χ1n) is 2.72. The molecule has 0 bridgehead atoms. The van der Waals surface area contributed by atoms with Gasteiger partial charge in [-0.15, -0.1) is 0 Å². The first kappa shape index (κ1) is 13.1. The van der Waals surface area contributed by atoms with E-state index in [1.54, 1.807) is 0 Å². The monoisotopic (exact) mass is 165 g/mol. The number of aromatic hydroxyl groups is 1. The van der Waals surface area contributed by atoms with E-state index in [2.05, 4.69) is 0 Å². The van der Waals surface area contributed by atoms with Gasteiger partial charge in [0.2, 0.25) is 0 Å². The van der Waals surface area contributed by atoms with Gasteiger partial charge in [0, 0.05) is 0 Å². The second-order valence-electron chi connectivity index (χ2n) is 1.89. The molecule has 0 aliphatic rings. The van der Waals surface area contributed by atoms with Gasteiger partial charge >= 0.3 is 0 Å². The molecule has 0 spiro atoms. The van der Waals surface area contributed by atoms with Gasteiger partial charge in [-0.3, -0.25) is 0 Å². The van der Waals surface area contributed by atoms with Gasteiger partial charge in [-0.2, -0.15) is 5.26 Å². The van der Waals surface area contributed by atoms with E-state index in [1.807, 2.05) is 6.07 Å². The van der Waals surface area contributed by atoms with Gasteiger partial charge in [-0.05, 0) is 18.2 Å². The van der Waals surface area contributed by atoms with Crippen LogP contribution < -0.4 is 5.46 Å². The molecule has 5 heteroatoms. The Morgan fingerprint density at radius 3 is 2.33 bits per heavy atom. The van der Waals surface area contributed by atoms with E-state index < -0.39 is 0 Å². The fourth-order valence-electron chi connectivity index (χ4n) is 0.624. The van der Waals surface area contributed by atoms with Crippen molar-refractivity contribution in [3.63, 3.8) is 0 Å². The Morgan fingerprint density at radius 1 is 1.33 bits per heavy atom. The molecule has 0 aromatic heterocycles. The van der Waals surface area contributed by atoms with Crippen LogP contribution in [0, 0.1) is 11.3 Å². The van der Waals surface area contributed by atoms with Gasteiger partial charge in [0.1, 0.15) is 13.6 Å². The number of nitrogens with zero attached hydrogens (tertiary/aromatic N) is 1. The molecule has 2 radical (unpaired) electrons. The summed E-state index contributed by atoms with van der Waals surface area (Å²) in [5.74, 6) is 0.0130. The van der Waals surface area contributed by atoms with Crippen molar-refractivity contribution < 1.29 is 16.1 Å². The normalized spacial score (nSPS) is 7.25. The average Bonchev–Trinajstić information content (AvgIpc) is 1.95. The Kier molecular flexibility index (Phi) is 5.67. The molecule has 1 rings (SSSR count). The van der Waals surface area contributed by atoms with Crippen molar-refractivity contribution in [1.82, 2.24) is 0 Å². The lowest BCUT2D eigenvalue weighted by atomic mass is 9.93. The Morgan fingerprint density at radius 2 is 1.92 bits per heavy atom. The molecule has 0 fully saturated rings. The van der Waals surface area contributed by atoms with Crippen LogP contribution in [-0.2, 0) is 0 Å². The SMILES string of the molecule is O.O.[B]c1cc(C#N)ccc1O. The molecule has 0 saturated carbocycles. The Balaban J connectivity index is 0. The Labute approximate surface area is 71.1 Å². The zero-order chi connectivity index (χ0) is 7.56. The summed E-state index contributed by atoms with van der Waals surface area (Å²) in [6.07, 6.45) is 0. The highest BCUT2D eigenvalue weighted by Gasteiger charge is 1.94. The molecular formula is C7H8BNO3. The van der Waals surface area contributed by atoms with Crippen molar-refractivity contribution in [1.29, 1.82) is 5.26 Å². The highest BCUT2D eigenvalue weighted by molar-refractivity contribution is 6.34. The minimum absolute atomic E-state index is 0. The van der Waals surface area contributed by atoms with Crippen LogP contribution in [0.2, 0.25) is 0 Å². The molecule has 62 valence electrons. The zero-order valence-corrected chi connectivity index (χ0v) is 6.20. The third-order valence-electron chi connectivity index (χ3n) is 1.16. The molecule has 4 nitrogen and oxygen atoms in total. The van der Waals surface area contributed by atoms with E-state index in [-0.39, 0.29) is 22.2 Å². The van der Waals surface area contributed by atoms with E-state index in [4.69, 9.17) is 18.2 Å². The average molecular weight is 165 g/mol. The van der Waals surface area contributed by atoms with Crippen molar-refractivity contribution in [2.75, 3.05) is 0 Å². The van der Waals surface area contributed by atoms with Crippen LogP contribution >= 0.6 is 0 Å². The predicted molar refractivity (Wildman–Crippen MR) is 45.4 cm³/mol. The smallest absolute Gasteiger partial charge is 0.119 e. The van der Waals surface area contributed by atoms with Crippen LogP contribution in [0.5, 0.6) is 5.75 Å². The van der Waals surface area contributed by atoms with Gasteiger partial charge in [0.25, 0.3) is 0 Å². The van der Waals surface area contributed by atoms with Crippen LogP contribution in [0.4, 0.5) is 0 Å². The summed E-state index contributed by atoms with van der Waals surface area (Å²) in [6.45, 7) is 0. The maximum Gasteiger partial charge on any atom is 0.119 e. The largest absolute Gasteiger partial charge is 0.509 e. The lowest BCUT2D eigenvalue weighted by molar-refractivity contribution is 0.479. The fraction of sp³-hybridized carbons (Fsp3) is 0. The molecule has 1 aromatic carbocycles. The molecule has 5 N–H and O–H groups in total. The summed E-state index contributed by atoms with van der Waals surface area (Å²) < 4.78 is 0. The number of nitriles is 1. The van der Waals surface area contributed by atoms with Gasteiger partial charge in [0.05, 0.1) is 11.6 Å². The van der Waals surface area contributed by atoms with E-state index in [9.17, 15) is 0 Å².